The largest absolute Gasteiger partial charge is 0.286 e. The number of para-hydroxylation sites is 2. The van der Waals surface area contributed by atoms with Crippen LogP contribution in [0, 0.1) is 11.3 Å². The van der Waals surface area contributed by atoms with E-state index in [1.54, 1.807) is 11.8 Å². The lowest BCUT2D eigenvalue weighted by Crippen LogP contribution is -2.00. The van der Waals surface area contributed by atoms with Crippen LogP contribution < -0.4 is 0 Å². The van der Waals surface area contributed by atoms with Crippen LogP contribution in [0.2, 0.25) is 0 Å². The average Bonchev–Trinajstić information content (AvgIpc) is 2.87. The Labute approximate surface area is 128 Å². The molecule has 0 fully saturated rings. The highest BCUT2D eigenvalue weighted by atomic mass is 32.2. The minimum Gasteiger partial charge on any atom is -0.286 e. The first kappa shape index (κ1) is 14.0. The third-order valence-electron chi connectivity index (χ3n) is 3.55. The summed E-state index contributed by atoms with van der Waals surface area (Å²) in [5, 5.41) is 10.7. The monoisotopic (exact) mass is 295 g/mol. The molecule has 0 radical (unpaired) electrons. The molecule has 0 atom stereocenters. The van der Waals surface area contributed by atoms with Crippen molar-refractivity contribution in [2.24, 2.45) is 0 Å². The van der Waals surface area contributed by atoms with Gasteiger partial charge in [-0.05, 0) is 35.9 Å². The molecule has 3 rings (SSSR count). The van der Waals surface area contributed by atoms with E-state index in [1.165, 1.54) is 5.03 Å². The van der Waals surface area contributed by atoms with Gasteiger partial charge in [0.2, 0.25) is 0 Å². The fraction of sp³-hybridized carbons (Fsp3) is 0.294. The molecule has 106 valence electrons. The zero-order valence-corrected chi connectivity index (χ0v) is 13.1. The van der Waals surface area contributed by atoms with Crippen LogP contribution in [0.15, 0.2) is 35.4 Å². The SMILES string of the molecule is CCCc1cc(SCC)n2c(nc3ccccc32)c1C#N. The molecular weight excluding hydrogens is 278 g/mol. The molecule has 0 saturated heterocycles. The van der Waals surface area contributed by atoms with Gasteiger partial charge in [-0.25, -0.2) is 4.98 Å². The first-order chi connectivity index (χ1) is 10.3. The van der Waals surface area contributed by atoms with Crippen LogP contribution in [0.1, 0.15) is 31.4 Å². The van der Waals surface area contributed by atoms with Gasteiger partial charge in [0.05, 0.1) is 21.6 Å². The fourth-order valence-corrected chi connectivity index (χ4v) is 3.52. The third kappa shape index (κ3) is 2.28. The summed E-state index contributed by atoms with van der Waals surface area (Å²) in [6.07, 6.45) is 1.95. The molecule has 2 aromatic heterocycles. The van der Waals surface area contributed by atoms with Crippen molar-refractivity contribution in [1.82, 2.24) is 9.38 Å². The van der Waals surface area contributed by atoms with Gasteiger partial charge in [0.1, 0.15) is 6.07 Å². The molecule has 0 amide bonds. The Morgan fingerprint density at radius 1 is 1.29 bits per heavy atom. The second-order valence-corrected chi connectivity index (χ2v) is 6.22. The Morgan fingerprint density at radius 2 is 2.10 bits per heavy atom. The number of aromatic nitrogens is 2. The Morgan fingerprint density at radius 3 is 2.81 bits per heavy atom. The molecule has 0 bridgehead atoms. The smallest absolute Gasteiger partial charge is 0.157 e. The van der Waals surface area contributed by atoms with E-state index in [9.17, 15) is 5.26 Å². The molecule has 3 nitrogen and oxygen atoms in total. The predicted molar refractivity (Wildman–Crippen MR) is 87.8 cm³/mol. The van der Waals surface area contributed by atoms with Crippen LogP contribution >= 0.6 is 11.8 Å². The van der Waals surface area contributed by atoms with Gasteiger partial charge in [0, 0.05) is 0 Å². The summed E-state index contributed by atoms with van der Waals surface area (Å²) in [7, 11) is 0. The van der Waals surface area contributed by atoms with Crippen LogP contribution in [0.3, 0.4) is 0 Å². The fourth-order valence-electron chi connectivity index (χ4n) is 2.69. The third-order valence-corrected chi connectivity index (χ3v) is 4.43. The van der Waals surface area contributed by atoms with Gasteiger partial charge in [-0.2, -0.15) is 5.26 Å². The number of nitriles is 1. The van der Waals surface area contributed by atoms with Gasteiger partial charge in [-0.1, -0.05) is 32.4 Å². The van der Waals surface area contributed by atoms with Crippen molar-refractivity contribution in [2.75, 3.05) is 5.75 Å². The Balaban J connectivity index is 2.44. The quantitative estimate of drug-likeness (QED) is 0.669. The standard InChI is InChI=1S/C17H17N3S/c1-3-7-12-10-16(21-4-2)20-15-9-6-5-8-14(15)19-17(20)13(12)11-18/h5-6,8-10H,3-4,7H2,1-2H3. The van der Waals surface area contributed by atoms with E-state index in [0.717, 1.165) is 40.8 Å². The van der Waals surface area contributed by atoms with Gasteiger partial charge in [0.15, 0.2) is 5.65 Å². The van der Waals surface area contributed by atoms with E-state index in [-0.39, 0.29) is 0 Å². The van der Waals surface area contributed by atoms with Gasteiger partial charge < -0.3 is 0 Å². The number of thioether (sulfide) groups is 1. The molecule has 0 N–H and O–H groups in total. The van der Waals surface area contributed by atoms with Gasteiger partial charge in [0.25, 0.3) is 0 Å². The number of pyridine rings is 1. The van der Waals surface area contributed by atoms with Crippen LogP contribution in [0.5, 0.6) is 0 Å². The lowest BCUT2D eigenvalue weighted by Gasteiger charge is -2.10. The predicted octanol–water partition coefficient (Wildman–Crippen LogP) is 4.42. The highest BCUT2D eigenvalue weighted by Gasteiger charge is 2.16. The number of hydrogen-bond donors (Lipinski definition) is 0. The zero-order chi connectivity index (χ0) is 14.8. The van der Waals surface area contributed by atoms with Crippen LogP contribution in [-0.2, 0) is 6.42 Å². The number of fused-ring (bicyclic) bond motifs is 3. The maximum Gasteiger partial charge on any atom is 0.157 e. The van der Waals surface area contributed by atoms with E-state index in [1.807, 2.05) is 18.2 Å². The first-order valence-electron chi connectivity index (χ1n) is 7.26. The Bertz CT molecular complexity index is 842. The molecule has 0 saturated carbocycles. The van der Waals surface area contributed by atoms with Crippen LogP contribution in [0.25, 0.3) is 16.7 Å². The number of rotatable bonds is 4. The van der Waals surface area contributed by atoms with E-state index in [0.29, 0.717) is 5.56 Å². The number of hydrogen-bond acceptors (Lipinski definition) is 3. The van der Waals surface area contributed by atoms with Crippen molar-refractivity contribution < 1.29 is 0 Å². The summed E-state index contributed by atoms with van der Waals surface area (Å²) in [6, 6.07) is 12.6. The van der Waals surface area contributed by atoms with Crippen molar-refractivity contribution in [1.29, 1.82) is 5.26 Å². The molecule has 2 heterocycles. The minimum atomic E-state index is 0.716. The second-order valence-electron chi connectivity index (χ2n) is 4.94. The van der Waals surface area contributed by atoms with Crippen LogP contribution in [-0.4, -0.2) is 15.1 Å². The van der Waals surface area contributed by atoms with Crippen molar-refractivity contribution >= 4 is 28.4 Å². The summed E-state index contributed by atoms with van der Waals surface area (Å²) in [5.74, 6) is 0.999. The normalized spacial score (nSPS) is 11.1. The lowest BCUT2D eigenvalue weighted by molar-refractivity contribution is 0.899. The number of benzene rings is 1. The molecule has 3 aromatic rings. The molecule has 21 heavy (non-hydrogen) atoms. The molecule has 0 unspecified atom stereocenters. The van der Waals surface area contributed by atoms with Gasteiger partial charge in [-0.3, -0.25) is 4.40 Å². The molecule has 0 aliphatic heterocycles. The van der Waals surface area contributed by atoms with Crippen molar-refractivity contribution in [3.8, 4) is 6.07 Å². The molecule has 1 aromatic carbocycles. The summed E-state index contributed by atoms with van der Waals surface area (Å²) < 4.78 is 2.13. The first-order valence-corrected chi connectivity index (χ1v) is 8.24. The Kier molecular flexibility index (Phi) is 3.85. The molecule has 4 heteroatoms. The van der Waals surface area contributed by atoms with Crippen molar-refractivity contribution in [3.63, 3.8) is 0 Å². The highest BCUT2D eigenvalue weighted by Crippen LogP contribution is 2.29. The topological polar surface area (TPSA) is 41.1 Å². The maximum absolute atomic E-state index is 9.58. The van der Waals surface area contributed by atoms with E-state index < -0.39 is 0 Å². The zero-order valence-electron chi connectivity index (χ0n) is 12.3. The van der Waals surface area contributed by atoms with Gasteiger partial charge >= 0.3 is 0 Å². The summed E-state index contributed by atoms with van der Waals surface area (Å²) >= 11 is 1.80. The molecule has 0 aliphatic carbocycles. The summed E-state index contributed by atoms with van der Waals surface area (Å²) in [5.41, 5.74) is 4.64. The molecule has 0 aliphatic rings. The van der Waals surface area contributed by atoms with Gasteiger partial charge in [-0.15, -0.1) is 11.8 Å². The molecule has 0 spiro atoms. The molecular formula is C17H17N3S. The second kappa shape index (κ2) is 5.79. The maximum atomic E-state index is 9.58. The van der Waals surface area contributed by atoms with E-state index in [4.69, 9.17) is 4.98 Å². The number of imidazole rings is 1. The number of nitrogens with zero attached hydrogens (tertiary/aromatic N) is 3. The minimum absolute atomic E-state index is 0.716. The summed E-state index contributed by atoms with van der Waals surface area (Å²) in [4.78, 5) is 4.70. The lowest BCUT2D eigenvalue weighted by atomic mass is 10.1. The van der Waals surface area contributed by atoms with E-state index in [2.05, 4.69) is 36.5 Å². The number of aryl methyl sites for hydroxylation is 1. The van der Waals surface area contributed by atoms with Crippen LogP contribution in [0.4, 0.5) is 0 Å². The average molecular weight is 295 g/mol. The van der Waals surface area contributed by atoms with Crippen molar-refractivity contribution in [2.45, 2.75) is 31.7 Å². The highest BCUT2D eigenvalue weighted by molar-refractivity contribution is 7.99. The summed E-state index contributed by atoms with van der Waals surface area (Å²) in [6.45, 7) is 4.29. The van der Waals surface area contributed by atoms with Crippen molar-refractivity contribution in [3.05, 3.63) is 41.5 Å². The Hall–Kier alpha value is -1.99. The van der Waals surface area contributed by atoms with E-state index >= 15 is 0 Å².